The van der Waals surface area contributed by atoms with Crippen molar-refractivity contribution in [3.63, 3.8) is 0 Å². The number of carbonyl (C=O) groups excluding carboxylic acids is 1. The number of nitrogens with one attached hydrogen (secondary N) is 1. The van der Waals surface area contributed by atoms with E-state index in [4.69, 9.17) is 46.4 Å². The van der Waals surface area contributed by atoms with Crippen molar-refractivity contribution in [1.82, 2.24) is 10.3 Å². The van der Waals surface area contributed by atoms with Gasteiger partial charge in [0.2, 0.25) is 0 Å². The first-order valence-electron chi connectivity index (χ1n) is 5.42. The van der Waals surface area contributed by atoms with Gasteiger partial charge in [-0.25, -0.2) is 13.4 Å². The van der Waals surface area contributed by atoms with Crippen LogP contribution in [0.15, 0.2) is 0 Å². The average molecular weight is 378 g/mol. The number of rotatable bonds is 2. The molecule has 1 saturated heterocycles. The number of hydrogen-bond donors (Lipinski definition) is 1. The number of sulfone groups is 1. The molecule has 0 saturated carbocycles. The van der Waals surface area contributed by atoms with Crippen LogP contribution in [0.5, 0.6) is 0 Å². The fourth-order valence-electron chi connectivity index (χ4n) is 1.80. The lowest BCUT2D eigenvalue weighted by molar-refractivity contribution is 0.0936. The summed E-state index contributed by atoms with van der Waals surface area (Å²) in [6.07, 6.45) is 0.348. The second-order valence-electron chi connectivity index (χ2n) is 4.27. The number of aromatic nitrogens is 1. The molecule has 1 atom stereocenters. The molecule has 1 aliphatic rings. The highest BCUT2D eigenvalue weighted by Gasteiger charge is 2.30. The Morgan fingerprint density at radius 1 is 1.15 bits per heavy atom. The van der Waals surface area contributed by atoms with Crippen molar-refractivity contribution >= 4 is 62.1 Å². The van der Waals surface area contributed by atoms with Crippen LogP contribution in [0.3, 0.4) is 0 Å². The largest absolute Gasteiger partial charge is 0.347 e. The van der Waals surface area contributed by atoms with E-state index in [2.05, 4.69) is 10.3 Å². The van der Waals surface area contributed by atoms with E-state index in [1.165, 1.54) is 0 Å². The Morgan fingerprint density at radius 2 is 1.80 bits per heavy atom. The topological polar surface area (TPSA) is 76.1 Å². The SMILES string of the molecule is O=C(N[C@H]1CCS(=O)(=O)C1)c1nc(Cl)c(Cl)c(Cl)c1Cl. The van der Waals surface area contributed by atoms with Gasteiger partial charge in [0.05, 0.1) is 26.6 Å². The van der Waals surface area contributed by atoms with Gasteiger partial charge in [0.1, 0.15) is 10.8 Å². The fraction of sp³-hybridized carbons (Fsp3) is 0.400. The summed E-state index contributed by atoms with van der Waals surface area (Å²) in [4.78, 5) is 15.8. The number of carbonyl (C=O) groups is 1. The molecular weight excluding hydrogens is 370 g/mol. The minimum absolute atomic E-state index is 0.0429. The minimum Gasteiger partial charge on any atom is -0.347 e. The number of amides is 1. The van der Waals surface area contributed by atoms with Gasteiger partial charge in [0, 0.05) is 6.04 Å². The first-order valence-corrected chi connectivity index (χ1v) is 8.76. The predicted octanol–water partition coefficient (Wildman–Crippen LogP) is 2.61. The summed E-state index contributed by atoms with van der Waals surface area (Å²) >= 11 is 23.2. The molecule has 1 fully saturated rings. The van der Waals surface area contributed by atoms with Gasteiger partial charge in [-0.3, -0.25) is 4.79 Å². The van der Waals surface area contributed by atoms with E-state index in [9.17, 15) is 13.2 Å². The summed E-state index contributed by atoms with van der Waals surface area (Å²) in [7, 11) is -3.10. The summed E-state index contributed by atoms with van der Waals surface area (Å²) in [6, 6.07) is -0.474. The molecule has 0 bridgehead atoms. The van der Waals surface area contributed by atoms with Crippen LogP contribution >= 0.6 is 46.4 Å². The Morgan fingerprint density at radius 3 is 2.35 bits per heavy atom. The second-order valence-corrected chi connectivity index (χ2v) is 7.99. The van der Waals surface area contributed by atoms with E-state index in [1.54, 1.807) is 0 Å². The molecule has 1 amide bonds. The Kier molecular flexibility index (Phi) is 4.71. The van der Waals surface area contributed by atoms with Crippen LogP contribution in [0.4, 0.5) is 0 Å². The maximum absolute atomic E-state index is 12.0. The molecule has 20 heavy (non-hydrogen) atoms. The van der Waals surface area contributed by atoms with Gasteiger partial charge >= 0.3 is 0 Å². The Bertz CT molecular complexity index is 678. The third-order valence-corrected chi connectivity index (χ3v) is 6.21. The highest BCUT2D eigenvalue weighted by Crippen LogP contribution is 2.36. The maximum atomic E-state index is 12.0. The van der Waals surface area contributed by atoms with Gasteiger partial charge in [-0.15, -0.1) is 0 Å². The molecule has 110 valence electrons. The summed E-state index contributed by atoms with van der Waals surface area (Å²) < 4.78 is 22.7. The third kappa shape index (κ3) is 3.31. The maximum Gasteiger partial charge on any atom is 0.271 e. The lowest BCUT2D eigenvalue weighted by atomic mass is 10.2. The molecule has 2 rings (SSSR count). The van der Waals surface area contributed by atoms with Crippen molar-refractivity contribution in [2.75, 3.05) is 11.5 Å². The lowest BCUT2D eigenvalue weighted by Gasteiger charge is -2.12. The summed E-state index contributed by atoms with van der Waals surface area (Å²) in [5.41, 5.74) is -0.185. The van der Waals surface area contributed by atoms with Crippen molar-refractivity contribution in [2.45, 2.75) is 12.5 Å². The molecule has 1 N–H and O–H groups in total. The van der Waals surface area contributed by atoms with Crippen LogP contribution in [0.1, 0.15) is 16.9 Å². The van der Waals surface area contributed by atoms with Crippen LogP contribution in [0.25, 0.3) is 0 Å². The van der Waals surface area contributed by atoms with E-state index < -0.39 is 21.8 Å². The van der Waals surface area contributed by atoms with Crippen molar-refractivity contribution in [3.05, 3.63) is 25.9 Å². The molecule has 0 unspecified atom stereocenters. The van der Waals surface area contributed by atoms with Crippen molar-refractivity contribution in [3.8, 4) is 0 Å². The molecular formula is C10H8Cl4N2O3S. The molecule has 5 nitrogen and oxygen atoms in total. The molecule has 1 aliphatic heterocycles. The molecule has 0 aromatic carbocycles. The van der Waals surface area contributed by atoms with Crippen LogP contribution in [0.2, 0.25) is 20.2 Å². The smallest absolute Gasteiger partial charge is 0.271 e. The molecule has 0 radical (unpaired) electrons. The zero-order chi connectivity index (χ0) is 15.1. The van der Waals surface area contributed by atoms with E-state index in [-0.39, 0.29) is 37.4 Å². The number of pyridine rings is 1. The predicted molar refractivity (Wildman–Crippen MR) is 78.8 cm³/mol. The zero-order valence-corrected chi connectivity index (χ0v) is 13.6. The summed E-state index contributed by atoms with van der Waals surface area (Å²) in [6.45, 7) is 0. The van der Waals surface area contributed by atoms with Gasteiger partial charge in [0.25, 0.3) is 5.91 Å². The normalized spacial score (nSPS) is 20.9. The molecule has 10 heteroatoms. The monoisotopic (exact) mass is 376 g/mol. The Labute approximate surface area is 135 Å². The number of nitrogens with zero attached hydrogens (tertiary/aromatic N) is 1. The zero-order valence-electron chi connectivity index (χ0n) is 9.79. The van der Waals surface area contributed by atoms with Gasteiger partial charge < -0.3 is 5.32 Å². The quantitative estimate of drug-likeness (QED) is 0.803. The van der Waals surface area contributed by atoms with Gasteiger partial charge in [-0.05, 0) is 6.42 Å². The van der Waals surface area contributed by atoms with Crippen LogP contribution in [-0.4, -0.2) is 36.9 Å². The van der Waals surface area contributed by atoms with E-state index >= 15 is 0 Å². The van der Waals surface area contributed by atoms with Gasteiger partial charge in [-0.2, -0.15) is 0 Å². The van der Waals surface area contributed by atoms with Crippen molar-refractivity contribution in [2.24, 2.45) is 0 Å². The Balaban J connectivity index is 2.23. The summed E-state index contributed by atoms with van der Waals surface area (Å²) in [5, 5.41) is 2.15. The van der Waals surface area contributed by atoms with Gasteiger partial charge in [-0.1, -0.05) is 46.4 Å². The lowest BCUT2D eigenvalue weighted by Crippen LogP contribution is -2.36. The summed E-state index contributed by atoms with van der Waals surface area (Å²) in [5.74, 6) is -0.704. The number of hydrogen-bond acceptors (Lipinski definition) is 4. The molecule has 0 aliphatic carbocycles. The number of halogens is 4. The molecule has 0 spiro atoms. The van der Waals surface area contributed by atoms with E-state index in [0.29, 0.717) is 6.42 Å². The van der Waals surface area contributed by atoms with Gasteiger partial charge in [0.15, 0.2) is 9.84 Å². The van der Waals surface area contributed by atoms with E-state index in [1.807, 2.05) is 0 Å². The molecule has 1 aromatic rings. The Hall–Kier alpha value is -0.270. The van der Waals surface area contributed by atoms with Crippen molar-refractivity contribution < 1.29 is 13.2 Å². The molecule has 1 aromatic heterocycles. The van der Waals surface area contributed by atoms with Crippen LogP contribution in [0, 0.1) is 0 Å². The second kappa shape index (κ2) is 5.85. The first-order chi connectivity index (χ1) is 9.21. The first kappa shape index (κ1) is 16.1. The minimum atomic E-state index is -3.10. The standard InChI is InChI=1S/C10H8Cl4N2O3S/c11-5-6(12)8(16-9(14)7(5)13)10(17)15-4-1-2-20(18,19)3-4/h4H,1-3H2,(H,15,17)/t4-/m0/s1. The fourth-order valence-corrected chi connectivity index (χ4v) is 4.29. The average Bonchev–Trinajstić information content (AvgIpc) is 2.70. The highest BCUT2D eigenvalue weighted by molar-refractivity contribution is 7.91. The highest BCUT2D eigenvalue weighted by atomic mass is 35.5. The van der Waals surface area contributed by atoms with E-state index in [0.717, 1.165) is 0 Å². The van der Waals surface area contributed by atoms with Crippen LogP contribution < -0.4 is 5.32 Å². The molecule has 2 heterocycles. The van der Waals surface area contributed by atoms with Crippen molar-refractivity contribution in [1.29, 1.82) is 0 Å². The third-order valence-electron chi connectivity index (χ3n) is 2.77. The van der Waals surface area contributed by atoms with Crippen LogP contribution in [-0.2, 0) is 9.84 Å².